The molecule has 0 saturated heterocycles. The molecule has 1 aliphatic carbocycles. The molecule has 1 amide bonds. The molecule has 0 spiro atoms. The zero-order valence-corrected chi connectivity index (χ0v) is 17.4. The number of amides is 1. The molecule has 1 heterocycles. The van der Waals surface area contributed by atoms with Crippen LogP contribution in [0.1, 0.15) is 38.3 Å². The Kier molecular flexibility index (Phi) is 7.45. The first-order chi connectivity index (χ1) is 12.9. The maximum Gasteiger partial charge on any atom is 0.230 e. The molecular formula is C20H34N6O. The van der Waals surface area contributed by atoms with Gasteiger partial charge in [-0.25, -0.2) is 9.98 Å². The second kappa shape index (κ2) is 9.58. The standard InChI is InChI=1S/C20H34N6O/c1-6-21-19(22-14-16-10-9-11-17(24-16)25(2)3)23-15-20(12-7-8-13-20)18(27)26(4)5/h9-11H,6-8,12-15H2,1-5H3,(H2,21,22,23). The number of rotatable bonds is 7. The summed E-state index contributed by atoms with van der Waals surface area (Å²) >= 11 is 0. The van der Waals surface area contributed by atoms with E-state index in [0.717, 1.165) is 49.7 Å². The van der Waals surface area contributed by atoms with E-state index in [9.17, 15) is 4.79 Å². The number of anilines is 1. The third-order valence-corrected chi connectivity index (χ3v) is 5.01. The van der Waals surface area contributed by atoms with Crippen LogP contribution >= 0.6 is 0 Å². The maximum atomic E-state index is 12.7. The van der Waals surface area contributed by atoms with Crippen molar-refractivity contribution in [2.45, 2.75) is 39.2 Å². The summed E-state index contributed by atoms with van der Waals surface area (Å²) in [6.45, 7) is 3.91. The Morgan fingerprint density at radius 1 is 1.19 bits per heavy atom. The summed E-state index contributed by atoms with van der Waals surface area (Å²) in [5.74, 6) is 1.86. The Hall–Kier alpha value is -2.31. The number of nitrogens with zero attached hydrogens (tertiary/aromatic N) is 4. The van der Waals surface area contributed by atoms with Crippen LogP contribution in [0.15, 0.2) is 23.2 Å². The Balaban J connectivity index is 2.07. The van der Waals surface area contributed by atoms with E-state index in [0.29, 0.717) is 13.1 Å². The lowest BCUT2D eigenvalue weighted by Crippen LogP contribution is -2.49. The molecule has 2 rings (SSSR count). The van der Waals surface area contributed by atoms with E-state index in [1.54, 1.807) is 4.90 Å². The highest BCUT2D eigenvalue weighted by atomic mass is 16.2. The number of carbonyl (C=O) groups excluding carboxylic acids is 1. The van der Waals surface area contributed by atoms with Crippen LogP contribution in [0.2, 0.25) is 0 Å². The van der Waals surface area contributed by atoms with Crippen molar-refractivity contribution in [3.05, 3.63) is 23.9 Å². The van der Waals surface area contributed by atoms with Crippen molar-refractivity contribution in [2.75, 3.05) is 46.2 Å². The Bertz CT molecular complexity index is 650. The Labute approximate surface area is 163 Å². The van der Waals surface area contributed by atoms with Gasteiger partial charge in [-0.15, -0.1) is 0 Å². The van der Waals surface area contributed by atoms with Crippen molar-refractivity contribution in [3.63, 3.8) is 0 Å². The number of guanidine groups is 1. The van der Waals surface area contributed by atoms with Gasteiger partial charge in [-0.05, 0) is 31.9 Å². The van der Waals surface area contributed by atoms with Gasteiger partial charge in [0.2, 0.25) is 5.91 Å². The predicted octanol–water partition coefficient (Wildman–Crippen LogP) is 1.85. The van der Waals surface area contributed by atoms with E-state index in [4.69, 9.17) is 0 Å². The third-order valence-electron chi connectivity index (χ3n) is 5.01. The van der Waals surface area contributed by atoms with Gasteiger partial charge in [-0.1, -0.05) is 18.9 Å². The highest BCUT2D eigenvalue weighted by Crippen LogP contribution is 2.38. The van der Waals surface area contributed by atoms with Gasteiger partial charge in [0.1, 0.15) is 5.82 Å². The second-order valence-electron chi connectivity index (χ2n) is 7.62. The lowest BCUT2D eigenvalue weighted by Gasteiger charge is -2.31. The number of nitrogens with one attached hydrogen (secondary N) is 2. The first kappa shape index (κ1) is 21.0. The highest BCUT2D eigenvalue weighted by molar-refractivity contribution is 5.85. The van der Waals surface area contributed by atoms with Gasteiger partial charge in [0.15, 0.2) is 5.96 Å². The zero-order chi connectivity index (χ0) is 19.9. The maximum absolute atomic E-state index is 12.7. The molecule has 7 heteroatoms. The summed E-state index contributed by atoms with van der Waals surface area (Å²) in [7, 11) is 7.63. The highest BCUT2D eigenvalue weighted by Gasteiger charge is 2.42. The van der Waals surface area contributed by atoms with Gasteiger partial charge in [-0.3, -0.25) is 4.79 Å². The van der Waals surface area contributed by atoms with Crippen LogP contribution in [0.25, 0.3) is 0 Å². The molecule has 0 atom stereocenters. The van der Waals surface area contributed by atoms with Gasteiger partial charge in [0, 0.05) is 41.3 Å². The van der Waals surface area contributed by atoms with E-state index >= 15 is 0 Å². The molecule has 1 saturated carbocycles. The average Bonchev–Trinajstić information content (AvgIpc) is 3.13. The van der Waals surface area contributed by atoms with Crippen molar-refractivity contribution < 1.29 is 4.79 Å². The smallest absolute Gasteiger partial charge is 0.230 e. The van der Waals surface area contributed by atoms with Crippen LogP contribution in [0.4, 0.5) is 5.82 Å². The van der Waals surface area contributed by atoms with Crippen LogP contribution in [0.5, 0.6) is 0 Å². The predicted molar refractivity (Wildman–Crippen MR) is 111 cm³/mol. The van der Waals surface area contributed by atoms with Crippen molar-refractivity contribution in [1.82, 2.24) is 20.5 Å². The fraction of sp³-hybridized carbons (Fsp3) is 0.650. The molecule has 0 unspecified atom stereocenters. The molecule has 1 aliphatic rings. The summed E-state index contributed by atoms with van der Waals surface area (Å²) in [5, 5.41) is 6.68. The largest absolute Gasteiger partial charge is 0.363 e. The van der Waals surface area contributed by atoms with Crippen molar-refractivity contribution in [2.24, 2.45) is 10.4 Å². The Morgan fingerprint density at radius 3 is 2.48 bits per heavy atom. The normalized spacial score (nSPS) is 16.1. The molecule has 150 valence electrons. The van der Waals surface area contributed by atoms with Crippen LogP contribution < -0.4 is 15.5 Å². The number of hydrogen-bond donors (Lipinski definition) is 2. The summed E-state index contributed by atoms with van der Waals surface area (Å²) in [6.07, 6.45) is 4.08. The van der Waals surface area contributed by atoms with Crippen LogP contribution in [0, 0.1) is 5.41 Å². The molecule has 0 radical (unpaired) electrons. The lowest BCUT2D eigenvalue weighted by molar-refractivity contribution is -0.138. The number of carbonyl (C=O) groups is 1. The molecule has 1 aromatic heterocycles. The van der Waals surface area contributed by atoms with Crippen LogP contribution in [-0.4, -0.2) is 63.0 Å². The molecule has 27 heavy (non-hydrogen) atoms. The van der Waals surface area contributed by atoms with Gasteiger partial charge < -0.3 is 20.4 Å². The van der Waals surface area contributed by atoms with Crippen molar-refractivity contribution >= 4 is 17.7 Å². The van der Waals surface area contributed by atoms with E-state index in [1.165, 1.54) is 0 Å². The van der Waals surface area contributed by atoms with Gasteiger partial charge >= 0.3 is 0 Å². The minimum atomic E-state index is -0.317. The number of hydrogen-bond acceptors (Lipinski definition) is 4. The Morgan fingerprint density at radius 2 is 1.89 bits per heavy atom. The summed E-state index contributed by atoms with van der Waals surface area (Å²) in [4.78, 5) is 25.7. The molecule has 0 aromatic carbocycles. The molecule has 0 aliphatic heterocycles. The van der Waals surface area contributed by atoms with Crippen LogP contribution in [0.3, 0.4) is 0 Å². The van der Waals surface area contributed by atoms with E-state index in [2.05, 4.69) is 20.6 Å². The summed E-state index contributed by atoms with van der Waals surface area (Å²) < 4.78 is 0. The van der Waals surface area contributed by atoms with E-state index in [-0.39, 0.29) is 11.3 Å². The number of aromatic nitrogens is 1. The summed E-state index contributed by atoms with van der Waals surface area (Å²) in [6, 6.07) is 5.96. The first-order valence-corrected chi connectivity index (χ1v) is 9.75. The molecule has 0 bridgehead atoms. The minimum Gasteiger partial charge on any atom is -0.363 e. The van der Waals surface area contributed by atoms with Gasteiger partial charge in [-0.2, -0.15) is 0 Å². The molecule has 1 aromatic rings. The van der Waals surface area contributed by atoms with Crippen molar-refractivity contribution in [1.29, 1.82) is 0 Å². The molecule has 1 fully saturated rings. The van der Waals surface area contributed by atoms with E-state index < -0.39 is 0 Å². The number of aliphatic imine (C=N–C) groups is 1. The summed E-state index contributed by atoms with van der Waals surface area (Å²) in [5.41, 5.74) is 0.598. The van der Waals surface area contributed by atoms with Crippen LogP contribution in [-0.2, 0) is 11.3 Å². The zero-order valence-electron chi connectivity index (χ0n) is 17.4. The fourth-order valence-corrected chi connectivity index (χ4v) is 3.55. The van der Waals surface area contributed by atoms with Gasteiger partial charge in [0.05, 0.1) is 17.7 Å². The molecule has 2 N–H and O–H groups in total. The molecular weight excluding hydrogens is 340 g/mol. The molecule has 7 nitrogen and oxygen atoms in total. The number of pyridine rings is 1. The fourth-order valence-electron chi connectivity index (χ4n) is 3.55. The van der Waals surface area contributed by atoms with E-state index in [1.807, 2.05) is 58.2 Å². The second-order valence-corrected chi connectivity index (χ2v) is 7.62. The van der Waals surface area contributed by atoms with Gasteiger partial charge in [0.25, 0.3) is 0 Å². The minimum absolute atomic E-state index is 0.212. The quantitative estimate of drug-likeness (QED) is 0.563. The third kappa shape index (κ3) is 5.58. The monoisotopic (exact) mass is 374 g/mol. The SMILES string of the molecule is CCNC(=NCc1cccc(N(C)C)n1)NCC1(C(=O)N(C)C)CCCC1. The average molecular weight is 375 g/mol. The van der Waals surface area contributed by atoms with Crippen molar-refractivity contribution in [3.8, 4) is 0 Å². The first-order valence-electron chi connectivity index (χ1n) is 9.75. The topological polar surface area (TPSA) is 72.9 Å². The lowest BCUT2D eigenvalue weighted by atomic mass is 9.84.